The molecule has 0 saturated heterocycles. The van der Waals surface area contributed by atoms with Crippen molar-refractivity contribution in [2.75, 3.05) is 11.9 Å². The highest BCUT2D eigenvalue weighted by Gasteiger charge is 2.19. The number of ketones is 1. The van der Waals surface area contributed by atoms with Gasteiger partial charge in [-0.2, -0.15) is 0 Å². The first-order valence-corrected chi connectivity index (χ1v) is 8.39. The molecule has 2 rings (SSSR count). The first-order chi connectivity index (χ1) is 12.0. The average Bonchev–Trinajstić information content (AvgIpc) is 2.60. The minimum atomic E-state index is -0.525. The van der Waals surface area contributed by atoms with Gasteiger partial charge in [-0.05, 0) is 30.3 Å². The Kier molecular flexibility index (Phi) is 8.96. The van der Waals surface area contributed by atoms with Crippen molar-refractivity contribution in [1.29, 1.82) is 0 Å². The summed E-state index contributed by atoms with van der Waals surface area (Å²) >= 11 is 0. The number of carbonyl (C=O) groups excluding carboxylic acids is 2. The van der Waals surface area contributed by atoms with Gasteiger partial charge in [0.15, 0.2) is 5.78 Å². The molecule has 4 nitrogen and oxygen atoms in total. The molecule has 6 heteroatoms. The number of para-hydroxylation sites is 1. The summed E-state index contributed by atoms with van der Waals surface area (Å²) in [6, 6.07) is 13.1. The zero-order valence-electron chi connectivity index (χ0n) is 14.9. The van der Waals surface area contributed by atoms with Gasteiger partial charge < -0.3 is 10.6 Å². The Morgan fingerprint density at radius 3 is 2.54 bits per heavy atom. The highest BCUT2D eigenvalue weighted by Crippen LogP contribution is 2.18. The van der Waals surface area contributed by atoms with Crippen molar-refractivity contribution >= 4 is 29.8 Å². The van der Waals surface area contributed by atoms with Crippen molar-refractivity contribution in [2.45, 2.75) is 26.8 Å². The number of hydrogen-bond acceptors (Lipinski definition) is 3. The SMILES string of the molecule is CCNCc1ccccc1NC(=O)CC(C)C(=O)c1cccc(F)c1.Cl. The molecule has 0 spiro atoms. The van der Waals surface area contributed by atoms with Crippen molar-refractivity contribution in [3.05, 3.63) is 65.5 Å². The Bertz CT molecular complexity index is 752. The maximum absolute atomic E-state index is 13.2. The van der Waals surface area contributed by atoms with Crippen LogP contribution in [0.15, 0.2) is 48.5 Å². The molecular weight excluding hydrogens is 355 g/mol. The van der Waals surface area contributed by atoms with Gasteiger partial charge >= 0.3 is 0 Å². The van der Waals surface area contributed by atoms with Crippen LogP contribution in [0.4, 0.5) is 10.1 Å². The van der Waals surface area contributed by atoms with Crippen LogP contribution in [0.2, 0.25) is 0 Å². The van der Waals surface area contributed by atoms with Gasteiger partial charge in [-0.3, -0.25) is 9.59 Å². The number of Topliss-reactive ketones (excluding diaryl/α,β-unsaturated/α-hetero) is 1. The summed E-state index contributed by atoms with van der Waals surface area (Å²) in [6.45, 7) is 5.18. The lowest BCUT2D eigenvalue weighted by Crippen LogP contribution is -2.22. The van der Waals surface area contributed by atoms with E-state index in [9.17, 15) is 14.0 Å². The maximum atomic E-state index is 13.2. The van der Waals surface area contributed by atoms with Crippen LogP contribution >= 0.6 is 12.4 Å². The average molecular weight is 379 g/mol. The van der Waals surface area contributed by atoms with E-state index in [-0.39, 0.29) is 36.1 Å². The molecule has 1 atom stereocenters. The molecule has 26 heavy (non-hydrogen) atoms. The Labute approximate surface area is 159 Å². The number of anilines is 1. The topological polar surface area (TPSA) is 58.2 Å². The lowest BCUT2D eigenvalue weighted by molar-refractivity contribution is -0.116. The molecule has 0 aliphatic rings. The number of rotatable bonds is 8. The highest BCUT2D eigenvalue weighted by atomic mass is 35.5. The first-order valence-electron chi connectivity index (χ1n) is 8.39. The molecule has 140 valence electrons. The summed E-state index contributed by atoms with van der Waals surface area (Å²) in [5.41, 5.74) is 2.01. The monoisotopic (exact) mass is 378 g/mol. The Morgan fingerprint density at radius 2 is 1.85 bits per heavy atom. The van der Waals surface area contributed by atoms with E-state index in [0.717, 1.165) is 17.8 Å². The Hall–Kier alpha value is -2.24. The van der Waals surface area contributed by atoms with E-state index in [4.69, 9.17) is 0 Å². The van der Waals surface area contributed by atoms with E-state index in [1.165, 1.54) is 18.2 Å². The van der Waals surface area contributed by atoms with Crippen molar-refractivity contribution in [3.8, 4) is 0 Å². The molecule has 1 amide bonds. The molecule has 2 N–H and O–H groups in total. The fourth-order valence-electron chi connectivity index (χ4n) is 2.55. The minimum Gasteiger partial charge on any atom is -0.326 e. The molecule has 0 heterocycles. The fourth-order valence-corrected chi connectivity index (χ4v) is 2.55. The van der Waals surface area contributed by atoms with Gasteiger partial charge in [-0.25, -0.2) is 4.39 Å². The zero-order chi connectivity index (χ0) is 18.2. The van der Waals surface area contributed by atoms with E-state index in [2.05, 4.69) is 10.6 Å². The third-order valence-corrected chi connectivity index (χ3v) is 3.91. The molecule has 0 aliphatic heterocycles. The second kappa shape index (κ2) is 10.7. The van der Waals surface area contributed by atoms with Crippen molar-refractivity contribution < 1.29 is 14.0 Å². The molecule has 2 aromatic carbocycles. The molecule has 1 unspecified atom stereocenters. The van der Waals surface area contributed by atoms with Gasteiger partial charge in [-0.1, -0.05) is 44.2 Å². The standard InChI is InChI=1S/C20H23FN2O2.ClH/c1-3-22-13-16-7-4-5-10-18(16)23-19(24)11-14(2)20(25)15-8-6-9-17(21)12-15;/h4-10,12,14,22H,3,11,13H2,1-2H3,(H,23,24);1H. The molecule has 0 saturated carbocycles. The van der Waals surface area contributed by atoms with Crippen LogP contribution in [0.1, 0.15) is 36.2 Å². The van der Waals surface area contributed by atoms with Crippen LogP contribution < -0.4 is 10.6 Å². The first kappa shape index (κ1) is 21.8. The highest BCUT2D eigenvalue weighted by molar-refractivity contribution is 6.01. The van der Waals surface area contributed by atoms with Crippen LogP contribution in [-0.2, 0) is 11.3 Å². The number of nitrogens with one attached hydrogen (secondary N) is 2. The van der Waals surface area contributed by atoms with Crippen LogP contribution in [-0.4, -0.2) is 18.2 Å². The lowest BCUT2D eigenvalue weighted by atomic mass is 9.96. The number of amides is 1. The number of halogens is 2. The van der Waals surface area contributed by atoms with E-state index < -0.39 is 11.7 Å². The van der Waals surface area contributed by atoms with Gasteiger partial charge in [0.25, 0.3) is 0 Å². The van der Waals surface area contributed by atoms with Crippen molar-refractivity contribution in [3.63, 3.8) is 0 Å². The van der Waals surface area contributed by atoms with Crippen LogP contribution in [0.25, 0.3) is 0 Å². The third kappa shape index (κ3) is 6.24. The molecular formula is C20H24ClFN2O2. The molecule has 0 radical (unpaired) electrons. The lowest BCUT2D eigenvalue weighted by Gasteiger charge is -2.14. The molecule has 0 aromatic heterocycles. The van der Waals surface area contributed by atoms with Crippen molar-refractivity contribution in [2.24, 2.45) is 5.92 Å². The summed E-state index contributed by atoms with van der Waals surface area (Å²) in [5, 5.41) is 6.09. The normalized spacial score (nSPS) is 11.3. The van der Waals surface area contributed by atoms with Crippen LogP contribution in [0.3, 0.4) is 0 Å². The minimum absolute atomic E-state index is 0. The number of hydrogen-bond donors (Lipinski definition) is 2. The van der Waals surface area contributed by atoms with Gasteiger partial charge in [0, 0.05) is 30.1 Å². The summed E-state index contributed by atoms with van der Waals surface area (Å²) in [5.74, 6) is -1.46. The van der Waals surface area contributed by atoms with E-state index in [0.29, 0.717) is 6.54 Å². The van der Waals surface area contributed by atoms with E-state index >= 15 is 0 Å². The summed E-state index contributed by atoms with van der Waals surface area (Å²) in [7, 11) is 0. The van der Waals surface area contributed by atoms with E-state index in [1.54, 1.807) is 13.0 Å². The van der Waals surface area contributed by atoms with Gasteiger partial charge in [0.05, 0.1) is 0 Å². The van der Waals surface area contributed by atoms with E-state index in [1.807, 2.05) is 31.2 Å². The maximum Gasteiger partial charge on any atom is 0.225 e. The smallest absolute Gasteiger partial charge is 0.225 e. The summed E-state index contributed by atoms with van der Waals surface area (Å²) in [4.78, 5) is 24.6. The van der Waals surface area contributed by atoms with Crippen molar-refractivity contribution in [1.82, 2.24) is 5.32 Å². The zero-order valence-corrected chi connectivity index (χ0v) is 15.7. The summed E-state index contributed by atoms with van der Waals surface area (Å²) in [6.07, 6.45) is 0.0465. The predicted octanol–water partition coefficient (Wildman–Crippen LogP) is 4.20. The number of benzene rings is 2. The molecule has 0 bridgehead atoms. The molecule has 2 aromatic rings. The van der Waals surface area contributed by atoms with Gasteiger partial charge in [0.1, 0.15) is 5.82 Å². The quantitative estimate of drug-likeness (QED) is 0.676. The third-order valence-electron chi connectivity index (χ3n) is 3.91. The largest absolute Gasteiger partial charge is 0.326 e. The van der Waals surface area contributed by atoms with Gasteiger partial charge in [-0.15, -0.1) is 12.4 Å². The second-order valence-corrected chi connectivity index (χ2v) is 5.97. The fraction of sp³-hybridized carbons (Fsp3) is 0.300. The number of carbonyl (C=O) groups is 2. The van der Waals surface area contributed by atoms with Crippen LogP contribution in [0.5, 0.6) is 0 Å². The molecule has 0 aliphatic carbocycles. The van der Waals surface area contributed by atoms with Gasteiger partial charge in [0.2, 0.25) is 5.91 Å². The Balaban J connectivity index is 0.00000338. The second-order valence-electron chi connectivity index (χ2n) is 5.97. The van der Waals surface area contributed by atoms with Crippen LogP contribution in [0, 0.1) is 11.7 Å². The summed E-state index contributed by atoms with van der Waals surface area (Å²) < 4.78 is 13.2. The predicted molar refractivity (Wildman–Crippen MR) is 104 cm³/mol. The Morgan fingerprint density at radius 1 is 1.12 bits per heavy atom. The molecule has 0 fully saturated rings.